The average Bonchev–Trinajstić information content (AvgIpc) is 3.00. The lowest BCUT2D eigenvalue weighted by molar-refractivity contribution is 0.0948. The molecule has 1 atom stereocenters. The summed E-state index contributed by atoms with van der Waals surface area (Å²) < 4.78 is 26.0. The molecule has 0 aliphatic heterocycles. The van der Waals surface area contributed by atoms with Gasteiger partial charge in [-0.15, -0.1) is 0 Å². The van der Waals surface area contributed by atoms with Gasteiger partial charge in [0.2, 0.25) is 0 Å². The Labute approximate surface area is 120 Å². The van der Waals surface area contributed by atoms with Gasteiger partial charge in [-0.05, 0) is 30.7 Å². The highest BCUT2D eigenvalue weighted by Gasteiger charge is 2.09. The maximum atomic E-state index is 13.1. The van der Waals surface area contributed by atoms with Gasteiger partial charge in [0.1, 0.15) is 5.69 Å². The van der Waals surface area contributed by atoms with Crippen molar-refractivity contribution in [3.63, 3.8) is 0 Å². The normalized spacial score (nSPS) is 12.1. The molecule has 112 valence electrons. The van der Waals surface area contributed by atoms with E-state index in [9.17, 15) is 13.6 Å². The Morgan fingerprint density at radius 3 is 2.76 bits per heavy atom. The fraction of sp³-hybridized carbons (Fsp3) is 0.286. The first kappa shape index (κ1) is 15.1. The highest BCUT2D eigenvalue weighted by atomic mass is 19.2. The second-order valence-corrected chi connectivity index (χ2v) is 4.58. The van der Waals surface area contributed by atoms with E-state index in [-0.39, 0.29) is 11.9 Å². The fourth-order valence-corrected chi connectivity index (χ4v) is 1.84. The molecule has 2 aromatic rings. The average molecular weight is 294 g/mol. The number of halogens is 2. The van der Waals surface area contributed by atoms with Gasteiger partial charge in [-0.3, -0.25) is 9.89 Å². The summed E-state index contributed by atoms with van der Waals surface area (Å²) in [7, 11) is 0. The summed E-state index contributed by atoms with van der Waals surface area (Å²) in [6, 6.07) is 5.22. The van der Waals surface area contributed by atoms with Crippen LogP contribution in [0.1, 0.15) is 29.0 Å². The van der Waals surface area contributed by atoms with Crippen LogP contribution in [0.5, 0.6) is 0 Å². The van der Waals surface area contributed by atoms with E-state index < -0.39 is 11.6 Å². The van der Waals surface area contributed by atoms with Crippen LogP contribution in [-0.2, 0) is 0 Å². The summed E-state index contributed by atoms with van der Waals surface area (Å²) in [4.78, 5) is 11.6. The maximum absolute atomic E-state index is 13.1. The molecule has 0 aliphatic rings. The van der Waals surface area contributed by atoms with Crippen LogP contribution in [0.3, 0.4) is 0 Å². The molecule has 5 nitrogen and oxygen atoms in total. The number of hydrogen-bond donors (Lipinski definition) is 3. The van der Waals surface area contributed by atoms with Crippen molar-refractivity contribution in [1.82, 2.24) is 20.8 Å². The predicted octanol–water partition coefficient (Wildman–Crippen LogP) is 1.77. The van der Waals surface area contributed by atoms with E-state index in [1.165, 1.54) is 12.3 Å². The minimum atomic E-state index is -0.867. The summed E-state index contributed by atoms with van der Waals surface area (Å²) in [6.45, 7) is 2.75. The molecule has 2 rings (SSSR count). The monoisotopic (exact) mass is 294 g/mol. The first-order valence-electron chi connectivity index (χ1n) is 6.54. The third-order valence-corrected chi connectivity index (χ3v) is 3.05. The second kappa shape index (κ2) is 6.94. The van der Waals surface area contributed by atoms with E-state index >= 15 is 0 Å². The van der Waals surface area contributed by atoms with Gasteiger partial charge >= 0.3 is 0 Å². The molecule has 3 N–H and O–H groups in total. The Morgan fingerprint density at radius 2 is 2.10 bits per heavy atom. The fourth-order valence-electron chi connectivity index (χ4n) is 1.84. The Hall–Kier alpha value is -2.28. The van der Waals surface area contributed by atoms with E-state index in [1.54, 1.807) is 6.07 Å². The lowest BCUT2D eigenvalue weighted by Gasteiger charge is -2.14. The number of aromatic amines is 1. The van der Waals surface area contributed by atoms with Gasteiger partial charge in [0.05, 0.1) is 0 Å². The third kappa shape index (κ3) is 4.09. The predicted molar refractivity (Wildman–Crippen MR) is 73.7 cm³/mol. The van der Waals surface area contributed by atoms with Gasteiger partial charge in [-0.2, -0.15) is 5.10 Å². The van der Waals surface area contributed by atoms with Crippen molar-refractivity contribution >= 4 is 5.91 Å². The molecule has 0 bridgehead atoms. The molecular formula is C14H16F2N4O. The van der Waals surface area contributed by atoms with Crippen LogP contribution < -0.4 is 10.6 Å². The Balaban J connectivity index is 1.75. The summed E-state index contributed by atoms with van der Waals surface area (Å²) >= 11 is 0. The van der Waals surface area contributed by atoms with Gasteiger partial charge in [0.15, 0.2) is 11.6 Å². The van der Waals surface area contributed by atoms with Crippen LogP contribution in [0.4, 0.5) is 8.78 Å². The zero-order chi connectivity index (χ0) is 15.2. The zero-order valence-corrected chi connectivity index (χ0v) is 11.5. The first-order valence-corrected chi connectivity index (χ1v) is 6.54. The molecule has 0 spiro atoms. The summed E-state index contributed by atoms with van der Waals surface area (Å²) in [5, 5.41) is 12.1. The first-order chi connectivity index (χ1) is 10.1. The molecule has 7 heteroatoms. The molecule has 21 heavy (non-hydrogen) atoms. The summed E-state index contributed by atoms with van der Waals surface area (Å²) in [5.41, 5.74) is 1.04. The third-order valence-electron chi connectivity index (χ3n) is 3.05. The molecule has 0 aliphatic carbocycles. The van der Waals surface area contributed by atoms with Crippen LogP contribution >= 0.6 is 0 Å². The maximum Gasteiger partial charge on any atom is 0.269 e. The van der Waals surface area contributed by atoms with Gasteiger partial charge in [-0.25, -0.2) is 8.78 Å². The number of nitrogens with zero attached hydrogens (tertiary/aromatic N) is 1. The van der Waals surface area contributed by atoms with E-state index in [0.717, 1.165) is 12.1 Å². The largest absolute Gasteiger partial charge is 0.349 e. The van der Waals surface area contributed by atoms with Gasteiger partial charge in [0.25, 0.3) is 5.91 Å². The Morgan fingerprint density at radius 1 is 1.29 bits per heavy atom. The van der Waals surface area contributed by atoms with Gasteiger partial charge in [0, 0.05) is 25.3 Å². The lowest BCUT2D eigenvalue weighted by Crippen LogP contribution is -2.33. The number of H-pyrrole nitrogens is 1. The molecule has 0 unspecified atom stereocenters. The number of amides is 1. The number of nitrogens with one attached hydrogen (secondary N) is 3. The zero-order valence-electron chi connectivity index (χ0n) is 11.5. The van der Waals surface area contributed by atoms with Crippen LogP contribution in [0.2, 0.25) is 0 Å². The van der Waals surface area contributed by atoms with Crippen molar-refractivity contribution < 1.29 is 13.6 Å². The van der Waals surface area contributed by atoms with Crippen LogP contribution in [0, 0.1) is 11.6 Å². The smallest absolute Gasteiger partial charge is 0.269 e. The number of rotatable bonds is 6. The van der Waals surface area contributed by atoms with Crippen molar-refractivity contribution in [3.05, 3.63) is 53.4 Å². The van der Waals surface area contributed by atoms with Gasteiger partial charge < -0.3 is 10.6 Å². The van der Waals surface area contributed by atoms with Gasteiger partial charge in [-0.1, -0.05) is 6.07 Å². The SMILES string of the molecule is C[C@H](NCCNC(=O)c1ccn[nH]1)c1ccc(F)c(F)c1. The second-order valence-electron chi connectivity index (χ2n) is 4.58. The minimum Gasteiger partial charge on any atom is -0.349 e. The Kier molecular flexibility index (Phi) is 4.99. The number of carbonyl (C=O) groups is 1. The molecule has 1 heterocycles. The van der Waals surface area contributed by atoms with E-state index in [4.69, 9.17) is 0 Å². The lowest BCUT2D eigenvalue weighted by atomic mass is 10.1. The summed E-state index contributed by atoms with van der Waals surface area (Å²) in [6.07, 6.45) is 1.50. The number of carbonyl (C=O) groups excluding carboxylic acids is 1. The number of hydrogen-bond acceptors (Lipinski definition) is 3. The van der Waals surface area contributed by atoms with E-state index in [1.807, 2.05) is 6.92 Å². The van der Waals surface area contributed by atoms with Crippen LogP contribution in [0.15, 0.2) is 30.5 Å². The molecule has 1 aromatic heterocycles. The standard InChI is InChI=1S/C14H16F2N4O/c1-9(10-2-3-11(15)12(16)8-10)17-6-7-18-14(21)13-4-5-19-20-13/h2-5,8-9,17H,6-7H2,1H3,(H,18,21)(H,19,20)/t9-/m0/s1. The van der Waals surface area contributed by atoms with Crippen molar-refractivity contribution in [2.45, 2.75) is 13.0 Å². The van der Waals surface area contributed by atoms with E-state index in [0.29, 0.717) is 24.3 Å². The van der Waals surface area contributed by atoms with Crippen molar-refractivity contribution in [2.24, 2.45) is 0 Å². The molecule has 0 fully saturated rings. The van der Waals surface area contributed by atoms with Crippen LogP contribution in [0.25, 0.3) is 0 Å². The van der Waals surface area contributed by atoms with Crippen molar-refractivity contribution in [2.75, 3.05) is 13.1 Å². The molecule has 1 aromatic carbocycles. The highest BCUT2D eigenvalue weighted by Crippen LogP contribution is 2.15. The molecule has 0 saturated carbocycles. The van der Waals surface area contributed by atoms with Crippen molar-refractivity contribution in [3.8, 4) is 0 Å². The van der Waals surface area contributed by atoms with Crippen molar-refractivity contribution in [1.29, 1.82) is 0 Å². The molecule has 0 saturated heterocycles. The highest BCUT2D eigenvalue weighted by molar-refractivity contribution is 5.92. The molecule has 1 amide bonds. The number of benzene rings is 1. The Bertz CT molecular complexity index is 601. The van der Waals surface area contributed by atoms with Crippen LogP contribution in [-0.4, -0.2) is 29.2 Å². The molecule has 0 radical (unpaired) electrons. The number of aromatic nitrogens is 2. The quantitative estimate of drug-likeness (QED) is 0.711. The topological polar surface area (TPSA) is 69.8 Å². The van der Waals surface area contributed by atoms with E-state index in [2.05, 4.69) is 20.8 Å². The summed E-state index contributed by atoms with van der Waals surface area (Å²) in [5.74, 6) is -1.97. The molecular weight excluding hydrogens is 278 g/mol. The minimum absolute atomic E-state index is 0.149.